The Kier molecular flexibility index (Phi) is 4.23. The number of alkyl halides is 4. The van der Waals surface area contributed by atoms with Crippen molar-refractivity contribution in [1.82, 2.24) is 0 Å². The van der Waals surface area contributed by atoms with Gasteiger partial charge < -0.3 is 9.47 Å². The first-order chi connectivity index (χ1) is 7.40. The molecule has 7 heteroatoms. The first-order valence-electron chi connectivity index (χ1n) is 3.95. The number of hydrogen-bond donors (Lipinski definition) is 0. The molecule has 89 valence electrons. The van der Waals surface area contributed by atoms with Crippen molar-refractivity contribution in [3.63, 3.8) is 0 Å². The predicted octanol–water partition coefficient (Wildman–Crippen LogP) is 3.72. The zero-order valence-corrected chi connectivity index (χ0v) is 8.48. The number of benzene rings is 1. The third-order valence-corrected chi connectivity index (χ3v) is 1.78. The molecular formula is C9H6ClF4O2. The smallest absolute Gasteiger partial charge is 0.387 e. The van der Waals surface area contributed by atoms with E-state index < -0.39 is 24.7 Å². The Morgan fingerprint density at radius 3 is 1.69 bits per heavy atom. The second-order valence-corrected chi connectivity index (χ2v) is 3.07. The van der Waals surface area contributed by atoms with E-state index in [9.17, 15) is 17.6 Å². The molecule has 1 radical (unpaired) electrons. The molecule has 1 rings (SSSR count). The standard InChI is InChI=1S/C9H6ClF4O2/c1-4-6(15-8(11)12)2-5(10)3-7(4)16-9(13)14/h2-3,8-9H,1H2. The molecule has 0 aliphatic carbocycles. The van der Waals surface area contributed by atoms with E-state index in [1.807, 2.05) is 0 Å². The number of hydrogen-bond acceptors (Lipinski definition) is 2. The first kappa shape index (κ1) is 12.9. The summed E-state index contributed by atoms with van der Waals surface area (Å²) in [5.41, 5.74) is -0.218. The Labute approximate surface area is 93.7 Å². The van der Waals surface area contributed by atoms with E-state index in [-0.39, 0.29) is 10.6 Å². The molecule has 0 fully saturated rings. The summed E-state index contributed by atoms with van der Waals surface area (Å²) in [6, 6.07) is 2.07. The van der Waals surface area contributed by atoms with Crippen molar-refractivity contribution in [2.24, 2.45) is 0 Å². The fraction of sp³-hybridized carbons (Fsp3) is 0.222. The molecule has 2 nitrogen and oxygen atoms in total. The molecule has 0 aliphatic rings. The molecule has 0 saturated carbocycles. The van der Waals surface area contributed by atoms with Crippen LogP contribution in [0.3, 0.4) is 0 Å². The summed E-state index contributed by atoms with van der Waals surface area (Å²) in [5.74, 6) is -0.809. The molecule has 1 aromatic rings. The summed E-state index contributed by atoms with van der Waals surface area (Å²) >= 11 is 5.51. The van der Waals surface area contributed by atoms with Crippen LogP contribution in [0.25, 0.3) is 0 Å². The zero-order chi connectivity index (χ0) is 12.3. The van der Waals surface area contributed by atoms with Crippen LogP contribution in [0.5, 0.6) is 11.5 Å². The summed E-state index contributed by atoms with van der Waals surface area (Å²) < 4.78 is 55.9. The molecule has 16 heavy (non-hydrogen) atoms. The minimum atomic E-state index is -3.10. The molecule has 0 amide bonds. The Morgan fingerprint density at radius 2 is 1.38 bits per heavy atom. The summed E-state index contributed by atoms with van der Waals surface area (Å²) in [7, 11) is 0. The highest BCUT2D eigenvalue weighted by Gasteiger charge is 2.15. The van der Waals surface area contributed by atoms with Crippen LogP contribution in [0.2, 0.25) is 5.02 Å². The Hall–Kier alpha value is -1.17. The average molecular weight is 258 g/mol. The van der Waals surface area contributed by atoms with Crippen LogP contribution in [0, 0.1) is 6.92 Å². The fourth-order valence-electron chi connectivity index (χ4n) is 0.990. The second-order valence-electron chi connectivity index (χ2n) is 2.64. The molecule has 0 bridgehead atoms. The Bertz CT molecular complexity index is 340. The molecular weight excluding hydrogens is 252 g/mol. The van der Waals surface area contributed by atoms with E-state index in [1.54, 1.807) is 0 Å². The van der Waals surface area contributed by atoms with Crippen LogP contribution < -0.4 is 9.47 Å². The van der Waals surface area contributed by atoms with Gasteiger partial charge in [0.1, 0.15) is 11.5 Å². The van der Waals surface area contributed by atoms with E-state index in [0.29, 0.717) is 0 Å². The normalized spacial score (nSPS) is 11.0. The van der Waals surface area contributed by atoms with Gasteiger partial charge >= 0.3 is 13.2 Å². The van der Waals surface area contributed by atoms with Crippen molar-refractivity contribution in [1.29, 1.82) is 0 Å². The Morgan fingerprint density at radius 1 is 1.00 bits per heavy atom. The van der Waals surface area contributed by atoms with E-state index in [4.69, 9.17) is 11.6 Å². The van der Waals surface area contributed by atoms with Gasteiger partial charge in [-0.2, -0.15) is 17.6 Å². The summed E-state index contributed by atoms with van der Waals surface area (Å²) in [6.07, 6.45) is 0. The molecule has 0 N–H and O–H groups in total. The van der Waals surface area contributed by atoms with Gasteiger partial charge in [0.25, 0.3) is 0 Å². The van der Waals surface area contributed by atoms with E-state index in [0.717, 1.165) is 12.1 Å². The highest BCUT2D eigenvalue weighted by atomic mass is 35.5. The molecule has 0 aromatic heterocycles. The number of halogens is 5. The first-order valence-corrected chi connectivity index (χ1v) is 4.33. The number of ether oxygens (including phenoxy) is 2. The SMILES string of the molecule is [CH2]c1c(OC(F)F)cc(Cl)cc1OC(F)F. The molecule has 0 unspecified atom stereocenters. The maximum absolute atomic E-state index is 11.9. The monoisotopic (exact) mass is 257 g/mol. The van der Waals surface area contributed by atoms with Gasteiger partial charge in [0, 0.05) is 10.6 Å². The van der Waals surface area contributed by atoms with Crippen LogP contribution >= 0.6 is 11.6 Å². The summed E-state index contributed by atoms with van der Waals surface area (Å²) in [4.78, 5) is 0. The third kappa shape index (κ3) is 3.44. The van der Waals surface area contributed by atoms with E-state index in [2.05, 4.69) is 16.4 Å². The quantitative estimate of drug-likeness (QED) is 0.765. The van der Waals surface area contributed by atoms with Gasteiger partial charge in [-0.3, -0.25) is 0 Å². The fourth-order valence-corrected chi connectivity index (χ4v) is 1.19. The van der Waals surface area contributed by atoms with Crippen LogP contribution in [-0.2, 0) is 0 Å². The second kappa shape index (κ2) is 5.25. The van der Waals surface area contributed by atoms with Gasteiger partial charge in [0.05, 0.1) is 0 Å². The minimum Gasteiger partial charge on any atom is -0.434 e. The molecule has 0 heterocycles. The van der Waals surface area contributed by atoms with Crippen LogP contribution in [0.4, 0.5) is 17.6 Å². The molecule has 0 saturated heterocycles. The lowest BCUT2D eigenvalue weighted by molar-refractivity contribution is -0.0547. The van der Waals surface area contributed by atoms with Gasteiger partial charge in [-0.1, -0.05) is 11.6 Å². The van der Waals surface area contributed by atoms with Crippen molar-refractivity contribution in [2.75, 3.05) is 0 Å². The zero-order valence-electron chi connectivity index (χ0n) is 7.72. The summed E-state index contributed by atoms with van der Waals surface area (Å²) in [5, 5.41) is -0.0706. The highest BCUT2D eigenvalue weighted by molar-refractivity contribution is 6.30. The van der Waals surface area contributed by atoms with Crippen molar-refractivity contribution in [3.8, 4) is 11.5 Å². The van der Waals surface area contributed by atoms with Gasteiger partial charge in [-0.05, 0) is 19.1 Å². The molecule has 0 atom stereocenters. The average Bonchev–Trinajstić information content (AvgIpc) is 2.11. The maximum Gasteiger partial charge on any atom is 0.387 e. The van der Waals surface area contributed by atoms with Crippen molar-refractivity contribution >= 4 is 11.6 Å². The minimum absolute atomic E-state index is 0.0706. The van der Waals surface area contributed by atoms with Gasteiger partial charge in [0.2, 0.25) is 0 Å². The van der Waals surface area contributed by atoms with Gasteiger partial charge in [-0.25, -0.2) is 0 Å². The van der Waals surface area contributed by atoms with Crippen molar-refractivity contribution in [3.05, 3.63) is 29.6 Å². The van der Waals surface area contributed by atoms with E-state index >= 15 is 0 Å². The van der Waals surface area contributed by atoms with Crippen LogP contribution in [0.1, 0.15) is 5.56 Å². The lowest BCUT2D eigenvalue weighted by Gasteiger charge is -2.13. The number of rotatable bonds is 4. The molecule has 1 aromatic carbocycles. The summed E-state index contributed by atoms with van der Waals surface area (Å²) in [6.45, 7) is -2.91. The van der Waals surface area contributed by atoms with Gasteiger partial charge in [0.15, 0.2) is 0 Å². The maximum atomic E-state index is 11.9. The third-order valence-electron chi connectivity index (χ3n) is 1.56. The topological polar surface area (TPSA) is 18.5 Å². The molecule has 0 aliphatic heterocycles. The van der Waals surface area contributed by atoms with Crippen LogP contribution in [-0.4, -0.2) is 13.2 Å². The Balaban J connectivity index is 3.05. The van der Waals surface area contributed by atoms with Crippen molar-refractivity contribution < 1.29 is 27.0 Å². The van der Waals surface area contributed by atoms with E-state index in [1.165, 1.54) is 0 Å². The lowest BCUT2D eigenvalue weighted by atomic mass is 10.2. The lowest BCUT2D eigenvalue weighted by Crippen LogP contribution is -2.07. The van der Waals surface area contributed by atoms with Crippen molar-refractivity contribution in [2.45, 2.75) is 13.2 Å². The van der Waals surface area contributed by atoms with Gasteiger partial charge in [-0.15, -0.1) is 0 Å². The predicted molar refractivity (Wildman–Crippen MR) is 49.2 cm³/mol. The largest absolute Gasteiger partial charge is 0.434 e. The molecule has 0 spiro atoms. The highest BCUT2D eigenvalue weighted by Crippen LogP contribution is 2.33. The van der Waals surface area contributed by atoms with Crippen LogP contribution in [0.15, 0.2) is 12.1 Å².